The monoisotopic (exact) mass is 476 g/mol. The summed E-state index contributed by atoms with van der Waals surface area (Å²) >= 11 is 0. The first kappa shape index (κ1) is 25.1. The van der Waals surface area contributed by atoms with Crippen molar-refractivity contribution in [2.45, 2.75) is 52.0 Å². The van der Waals surface area contributed by atoms with Gasteiger partial charge < -0.3 is 9.64 Å². The summed E-state index contributed by atoms with van der Waals surface area (Å²) in [5, 5.41) is 0. The Labute approximate surface area is 208 Å². The highest BCUT2D eigenvalue weighted by molar-refractivity contribution is 5.96. The molecule has 2 aromatic carbocycles. The van der Waals surface area contributed by atoms with E-state index >= 15 is 0 Å². The van der Waals surface area contributed by atoms with Crippen LogP contribution in [0.2, 0.25) is 0 Å². The zero-order valence-electron chi connectivity index (χ0n) is 20.9. The molecule has 0 N–H and O–H groups in total. The number of ketones is 1. The van der Waals surface area contributed by atoms with E-state index in [0.717, 1.165) is 76.0 Å². The molecule has 0 radical (unpaired) electrons. The predicted octanol–water partition coefficient (Wildman–Crippen LogP) is 4.30. The van der Waals surface area contributed by atoms with E-state index in [1.54, 1.807) is 13.0 Å². The van der Waals surface area contributed by atoms with Gasteiger partial charge in [-0.25, -0.2) is 4.79 Å². The standard InChI is InChI=1S/C29H36N2O4/c1-21(32)31-16-10-22(11-17-31)6-9-28(33)26-8-7-24-12-14-30(15-13-25(24)19-26)20-23-4-3-5-27(18-23)29(34)35-2/h3-5,7-8,18-19,22H,6,9-17,20H2,1-2H3. The number of carbonyl (C=O) groups is 3. The molecule has 1 fully saturated rings. The molecule has 2 heterocycles. The van der Waals surface area contributed by atoms with Crippen LogP contribution >= 0.6 is 0 Å². The van der Waals surface area contributed by atoms with E-state index in [1.165, 1.54) is 18.2 Å². The quantitative estimate of drug-likeness (QED) is 0.440. The minimum Gasteiger partial charge on any atom is -0.465 e. The van der Waals surface area contributed by atoms with Crippen molar-refractivity contribution in [3.05, 3.63) is 70.3 Å². The zero-order chi connectivity index (χ0) is 24.8. The van der Waals surface area contributed by atoms with E-state index in [4.69, 9.17) is 4.74 Å². The molecule has 2 aliphatic heterocycles. The Kier molecular flexibility index (Phi) is 8.34. The van der Waals surface area contributed by atoms with Crippen molar-refractivity contribution in [1.29, 1.82) is 0 Å². The van der Waals surface area contributed by atoms with Gasteiger partial charge in [-0.2, -0.15) is 0 Å². The number of benzene rings is 2. The maximum atomic E-state index is 12.9. The van der Waals surface area contributed by atoms with E-state index in [0.29, 0.717) is 17.9 Å². The van der Waals surface area contributed by atoms with Crippen LogP contribution in [0.5, 0.6) is 0 Å². The third-order valence-electron chi connectivity index (χ3n) is 7.52. The number of Topliss-reactive ketones (excluding diaryl/α,β-unsaturated/α-hetero) is 1. The number of fused-ring (bicyclic) bond motifs is 1. The van der Waals surface area contributed by atoms with Gasteiger partial charge >= 0.3 is 5.97 Å². The number of rotatable bonds is 7. The van der Waals surface area contributed by atoms with Crippen molar-refractivity contribution in [1.82, 2.24) is 9.80 Å². The van der Waals surface area contributed by atoms with Gasteiger partial charge in [0.1, 0.15) is 0 Å². The van der Waals surface area contributed by atoms with Gasteiger partial charge in [-0.15, -0.1) is 0 Å². The van der Waals surface area contributed by atoms with E-state index < -0.39 is 0 Å². The van der Waals surface area contributed by atoms with E-state index in [1.807, 2.05) is 29.2 Å². The Morgan fingerprint density at radius 1 is 0.914 bits per heavy atom. The Bertz CT molecular complexity index is 1070. The third kappa shape index (κ3) is 6.57. The normalized spacial score (nSPS) is 16.9. The fraction of sp³-hybridized carbons (Fsp3) is 0.483. The van der Waals surface area contributed by atoms with Crippen molar-refractivity contribution in [2.24, 2.45) is 5.92 Å². The molecule has 2 aliphatic rings. The van der Waals surface area contributed by atoms with Crippen molar-refractivity contribution >= 4 is 17.7 Å². The lowest BCUT2D eigenvalue weighted by molar-refractivity contribution is -0.130. The topological polar surface area (TPSA) is 66.9 Å². The molecule has 0 bridgehead atoms. The number of likely N-dealkylation sites (tertiary alicyclic amines) is 1. The van der Waals surface area contributed by atoms with Gasteiger partial charge in [0.05, 0.1) is 12.7 Å². The number of piperidine rings is 1. The molecule has 1 amide bonds. The van der Waals surface area contributed by atoms with Gasteiger partial charge in [0.2, 0.25) is 5.91 Å². The number of nitrogens with zero attached hydrogens (tertiary/aromatic N) is 2. The first-order valence-corrected chi connectivity index (χ1v) is 12.7. The van der Waals surface area contributed by atoms with Crippen LogP contribution in [0.3, 0.4) is 0 Å². The number of hydrogen-bond donors (Lipinski definition) is 0. The predicted molar refractivity (Wildman–Crippen MR) is 135 cm³/mol. The zero-order valence-corrected chi connectivity index (χ0v) is 20.9. The second-order valence-corrected chi connectivity index (χ2v) is 9.86. The fourth-order valence-electron chi connectivity index (χ4n) is 5.29. The summed E-state index contributed by atoms with van der Waals surface area (Å²) in [6, 6.07) is 13.9. The maximum Gasteiger partial charge on any atom is 0.337 e. The minimum absolute atomic E-state index is 0.151. The molecule has 186 valence electrons. The molecule has 0 atom stereocenters. The molecular formula is C29H36N2O4. The molecule has 1 saturated heterocycles. The average molecular weight is 477 g/mol. The molecule has 0 aromatic heterocycles. The van der Waals surface area contributed by atoms with Crippen molar-refractivity contribution in [3.63, 3.8) is 0 Å². The first-order valence-electron chi connectivity index (χ1n) is 12.7. The Hall–Kier alpha value is -2.99. The largest absolute Gasteiger partial charge is 0.465 e. The molecule has 0 aliphatic carbocycles. The smallest absolute Gasteiger partial charge is 0.337 e. The van der Waals surface area contributed by atoms with Crippen LogP contribution in [0, 0.1) is 5.92 Å². The Balaban J connectivity index is 1.31. The average Bonchev–Trinajstić information content (AvgIpc) is 3.09. The van der Waals surface area contributed by atoms with E-state index in [-0.39, 0.29) is 17.7 Å². The highest BCUT2D eigenvalue weighted by Crippen LogP contribution is 2.25. The third-order valence-corrected chi connectivity index (χ3v) is 7.52. The number of ether oxygens (including phenoxy) is 1. The van der Waals surface area contributed by atoms with Crippen LogP contribution in [-0.2, 0) is 28.9 Å². The summed E-state index contributed by atoms with van der Waals surface area (Å²) in [6.45, 7) is 5.91. The second-order valence-electron chi connectivity index (χ2n) is 9.86. The summed E-state index contributed by atoms with van der Waals surface area (Å²) < 4.78 is 4.84. The number of hydrogen-bond acceptors (Lipinski definition) is 5. The first-order chi connectivity index (χ1) is 16.9. The molecule has 2 aromatic rings. The van der Waals surface area contributed by atoms with Crippen molar-refractivity contribution in [2.75, 3.05) is 33.3 Å². The Morgan fingerprint density at radius 2 is 1.66 bits per heavy atom. The summed E-state index contributed by atoms with van der Waals surface area (Å²) in [7, 11) is 1.40. The highest BCUT2D eigenvalue weighted by atomic mass is 16.5. The summed E-state index contributed by atoms with van der Waals surface area (Å²) in [5.74, 6) is 0.593. The van der Waals surface area contributed by atoms with Gasteiger partial charge in [0.15, 0.2) is 5.78 Å². The number of esters is 1. The summed E-state index contributed by atoms with van der Waals surface area (Å²) in [5.41, 5.74) is 5.10. The highest BCUT2D eigenvalue weighted by Gasteiger charge is 2.22. The van der Waals surface area contributed by atoms with Gasteiger partial charge in [-0.3, -0.25) is 14.5 Å². The van der Waals surface area contributed by atoms with E-state index in [9.17, 15) is 14.4 Å². The summed E-state index contributed by atoms with van der Waals surface area (Å²) in [4.78, 5) is 40.6. The van der Waals surface area contributed by atoms with Crippen molar-refractivity contribution in [3.8, 4) is 0 Å². The minimum atomic E-state index is -0.311. The van der Waals surface area contributed by atoms with Crippen LogP contribution in [0.15, 0.2) is 42.5 Å². The molecule has 0 saturated carbocycles. The van der Waals surface area contributed by atoms with Gasteiger partial charge in [-0.05, 0) is 72.9 Å². The molecule has 0 unspecified atom stereocenters. The second kappa shape index (κ2) is 11.6. The lowest BCUT2D eigenvalue weighted by Crippen LogP contribution is -2.37. The fourth-order valence-corrected chi connectivity index (χ4v) is 5.29. The van der Waals surface area contributed by atoms with E-state index in [2.05, 4.69) is 17.0 Å². The van der Waals surface area contributed by atoms with Crippen LogP contribution in [0.25, 0.3) is 0 Å². The number of methoxy groups -OCH3 is 1. The van der Waals surface area contributed by atoms with Crippen LogP contribution < -0.4 is 0 Å². The van der Waals surface area contributed by atoms with Gasteiger partial charge in [0.25, 0.3) is 0 Å². The number of amides is 1. The molecule has 6 heteroatoms. The SMILES string of the molecule is COC(=O)c1cccc(CN2CCc3ccc(C(=O)CCC4CCN(C(C)=O)CC4)cc3CC2)c1. The summed E-state index contributed by atoms with van der Waals surface area (Å²) in [6.07, 6.45) is 5.34. The Morgan fingerprint density at radius 3 is 2.37 bits per heavy atom. The van der Waals surface area contributed by atoms with Crippen molar-refractivity contribution < 1.29 is 19.1 Å². The molecule has 4 rings (SSSR count). The van der Waals surface area contributed by atoms with Crippen LogP contribution in [0.4, 0.5) is 0 Å². The number of carbonyl (C=O) groups excluding carboxylic acids is 3. The van der Waals surface area contributed by atoms with Gasteiger partial charge in [0, 0.05) is 51.6 Å². The van der Waals surface area contributed by atoms with Crippen LogP contribution in [-0.4, -0.2) is 60.7 Å². The molecule has 0 spiro atoms. The van der Waals surface area contributed by atoms with Gasteiger partial charge in [-0.1, -0.05) is 24.3 Å². The lowest BCUT2D eigenvalue weighted by Gasteiger charge is -2.31. The lowest BCUT2D eigenvalue weighted by atomic mass is 9.89. The van der Waals surface area contributed by atoms with Crippen LogP contribution in [0.1, 0.15) is 70.0 Å². The molecule has 6 nitrogen and oxygen atoms in total. The molecular weight excluding hydrogens is 440 g/mol. The maximum absolute atomic E-state index is 12.9. The molecule has 35 heavy (non-hydrogen) atoms.